The van der Waals surface area contributed by atoms with E-state index in [0.29, 0.717) is 112 Å². The van der Waals surface area contributed by atoms with Crippen molar-refractivity contribution in [1.29, 1.82) is 0 Å². The molecule has 139 heavy (non-hydrogen) atoms. The maximum atomic E-state index is 16.0. The van der Waals surface area contributed by atoms with Crippen molar-refractivity contribution in [3.8, 4) is 11.5 Å². The molecule has 16 atom stereocenters. The Labute approximate surface area is 822 Å². The average molecular weight is 2010 g/mol. The largest absolute Gasteiger partial charge is 0.497 e. The third kappa shape index (κ3) is 41.9. The van der Waals surface area contributed by atoms with Crippen LogP contribution in [0.15, 0.2) is 78.9 Å². The van der Waals surface area contributed by atoms with E-state index in [1.807, 2.05) is 54.6 Å². The molecule has 0 aliphatic carbocycles. The molecule has 3 aliphatic heterocycles. The summed E-state index contributed by atoms with van der Waals surface area (Å²) in [5.41, 5.74) is 0.252. The third-order valence-electron chi connectivity index (χ3n) is 23.6. The van der Waals surface area contributed by atoms with Crippen LogP contribution in [0, 0.1) is 17.8 Å². The van der Waals surface area contributed by atoms with Crippen molar-refractivity contribution in [2.75, 3.05) is 99.7 Å². The molecule has 3 aromatic carbocycles. The van der Waals surface area contributed by atoms with Crippen LogP contribution in [0.2, 0.25) is 0 Å². The topological polar surface area (TPSA) is 482 Å². The Morgan fingerprint density at radius 2 is 0.770 bits per heavy atom. The molecule has 0 bridgehead atoms. The number of hydrogen-bond donors (Lipinski definition) is 6. The summed E-state index contributed by atoms with van der Waals surface area (Å²) in [7, 11) is 5.15. The molecule has 8 amide bonds. The van der Waals surface area contributed by atoms with E-state index in [-0.39, 0.29) is 153 Å². The highest BCUT2D eigenvalue weighted by Crippen LogP contribution is 2.43. The van der Waals surface area contributed by atoms with Gasteiger partial charge < -0.3 is 117 Å². The number of unbranched alkanes of at least 4 members (excludes halogenated alkanes) is 9. The molecule has 6 rings (SSSR count). The minimum Gasteiger partial charge on any atom is -0.497 e. The van der Waals surface area contributed by atoms with Gasteiger partial charge in [-0.2, -0.15) is 0 Å². The van der Waals surface area contributed by atoms with Gasteiger partial charge in [-0.15, -0.1) is 0 Å². The molecule has 3 fully saturated rings. The second kappa shape index (κ2) is 62.9. The maximum Gasteiger partial charge on any atom is 0.307 e. The highest BCUT2D eigenvalue weighted by molar-refractivity contribution is 8.38. The van der Waals surface area contributed by atoms with Gasteiger partial charge in [-0.05, 0) is 98.7 Å². The van der Waals surface area contributed by atoms with Crippen molar-refractivity contribution in [3.63, 3.8) is 0 Å². The van der Waals surface area contributed by atoms with E-state index in [4.69, 9.17) is 87.0 Å². The first kappa shape index (κ1) is 118. The minimum atomic E-state index is -1.71. The summed E-state index contributed by atoms with van der Waals surface area (Å²) in [6.45, 7) is 16.5. The SMILES string of the molecule is COc1ccc(C(OCC(OC(=O)CCC(=O)N[S-](=P)=S)C(=O)N(CCCNC(=O)CCCCCCO[C@@H]2OC(COC(C)=O)[C@H](OC(C)=O)[C@H](C)C2NC(C)=O)CCCN(CCCNC(=O)CCCCCCO[C@@H]2OC(COC(C)=O)[C@H](OC(C)=O)[C@H](C)C2NC(C)=O)C(=O)CCCCCCO[C@@H]2OC(COC(C)=O)[C@H](OC(C)=O)[C@H](C)C2NC(C)=O)(c2ccccc2)c2ccc(OC)cc2)cc1. The Morgan fingerprint density at radius 3 is 1.13 bits per heavy atom. The molecule has 3 heterocycles. The first-order valence-electron chi connectivity index (χ1n) is 47.6. The number of methoxy groups -OCH3 is 2. The molecule has 39 nitrogen and oxygen atoms in total. The van der Waals surface area contributed by atoms with E-state index in [9.17, 15) is 67.1 Å². The van der Waals surface area contributed by atoms with Crippen LogP contribution in [-0.4, -0.2) is 278 Å². The average Bonchev–Trinajstić information content (AvgIpc) is 0.750. The fourth-order valence-electron chi connectivity index (χ4n) is 16.7. The van der Waals surface area contributed by atoms with Gasteiger partial charge in [0.25, 0.3) is 5.91 Å². The van der Waals surface area contributed by atoms with Crippen LogP contribution in [0.1, 0.15) is 228 Å². The number of carbonyl (C=O) groups is 15. The summed E-state index contributed by atoms with van der Waals surface area (Å²) < 4.78 is 97.0. The van der Waals surface area contributed by atoms with Gasteiger partial charge in [0, 0.05) is 165 Å². The van der Waals surface area contributed by atoms with E-state index >= 15 is 4.79 Å². The Kier molecular flexibility index (Phi) is 53.3. The van der Waals surface area contributed by atoms with Crippen molar-refractivity contribution in [1.82, 2.24) is 41.1 Å². The number of nitrogens with one attached hydrogen (secondary N) is 6. The molecule has 3 aliphatic rings. The first-order chi connectivity index (χ1) is 66.3. The van der Waals surface area contributed by atoms with Gasteiger partial charge >= 0.3 is 41.8 Å². The van der Waals surface area contributed by atoms with Gasteiger partial charge in [-0.25, -0.2) is 11.2 Å². The molecular formula is C97H144N8O31PS2-. The van der Waals surface area contributed by atoms with E-state index in [2.05, 4.69) is 39.3 Å². The first-order valence-corrected chi connectivity index (χ1v) is 51.0. The number of hydrogen-bond acceptors (Lipinski definition) is 33. The second-order valence-electron chi connectivity index (χ2n) is 34.7. The number of benzene rings is 3. The van der Waals surface area contributed by atoms with Crippen molar-refractivity contribution in [3.05, 3.63) is 95.6 Å². The van der Waals surface area contributed by atoms with E-state index in [1.165, 1.54) is 81.4 Å². The molecule has 3 saturated heterocycles. The van der Waals surface area contributed by atoms with Crippen LogP contribution >= 0.6 is 8.02 Å². The van der Waals surface area contributed by atoms with Crippen molar-refractivity contribution in [2.24, 2.45) is 17.8 Å². The van der Waals surface area contributed by atoms with E-state index in [1.54, 1.807) is 49.9 Å². The Hall–Kier alpha value is -10.1. The van der Waals surface area contributed by atoms with Crippen molar-refractivity contribution < 1.29 is 148 Å². The highest BCUT2D eigenvalue weighted by atomic mass is 32.9. The van der Waals surface area contributed by atoms with Crippen LogP contribution in [0.4, 0.5) is 0 Å². The molecule has 776 valence electrons. The Balaban J connectivity index is 1.23. The molecule has 7 unspecified atom stereocenters. The zero-order valence-electron chi connectivity index (χ0n) is 82.4. The smallest absolute Gasteiger partial charge is 0.307 e. The lowest BCUT2D eigenvalue weighted by atomic mass is 9.80. The van der Waals surface area contributed by atoms with Crippen LogP contribution in [0.5, 0.6) is 11.5 Å². The lowest BCUT2D eigenvalue weighted by Crippen LogP contribution is -2.62. The molecule has 42 heteroatoms. The highest BCUT2D eigenvalue weighted by Gasteiger charge is 2.51. The molecular weight excluding hydrogens is 1870 g/mol. The molecule has 0 aromatic heterocycles. The number of carbonyl (C=O) groups excluding carboxylic acids is 15. The standard InChI is InChI=1S/C97H144N8O31PS2/c1-61-87(100-64(4)106)94(134-78(57-126-67(7)109)90(61)130-70(10)112)123-54-27-18-15-24-35-82(115)98-48-30-50-104(85(118)37-26-17-20-29-56-125-96-89(102-66(6)108)63(3)92(132-72(12)114)80(136-96)59-128-69(9)111)52-32-53-105(51-31-49-99-83(116)36-25-16-19-28-55-124-95-88(101-65(5)107)62(2)91(131-71(11)113)79(135-95)58-127-68(8)110)93(120)81(133-86(119)47-46-84(117)103-139(137)138)60-129-97(73-33-22-21-23-34-73,74-38-42-76(121-13)43-39-74)75-40-44-77(122-14)45-41-75/h21-23,33-34,38-45,61-63,78-81,87-92,94-96,137H,15-20,24-32,35-37,46-60H2,1-14H3,(H,98,115)(H,99,116)(H,100,106)(H,101,107)(H,102,108)(H,103,117,138)/q-1/t61-,62-,63-,78?,79?,80?,81?,87?,88?,89?,90-,91-,92-,94-,95-,96-/m1/s1. The number of amides is 8. The fraction of sp³-hybridized carbons (Fsp3) is 0.660. The lowest BCUT2D eigenvalue weighted by molar-refractivity contribution is -0.262. The van der Waals surface area contributed by atoms with Gasteiger partial charge in [0.1, 0.15) is 73.5 Å². The zero-order chi connectivity index (χ0) is 102. The van der Waals surface area contributed by atoms with Gasteiger partial charge in [-0.1, -0.05) is 114 Å². The molecule has 0 radical (unpaired) electrons. The monoisotopic (exact) mass is 2010 g/mol. The number of nitrogens with zero attached hydrogens (tertiary/aromatic N) is 2. The third-order valence-corrected chi connectivity index (χ3v) is 24.5. The van der Waals surface area contributed by atoms with Crippen molar-refractivity contribution >= 4 is 117 Å². The quantitative estimate of drug-likeness (QED) is 0.00780. The Morgan fingerprint density at radius 1 is 0.417 bits per heavy atom. The minimum absolute atomic E-state index is 0.0268. The summed E-state index contributed by atoms with van der Waals surface area (Å²) >= 11 is 5.15. The number of ether oxygens (including phenoxy) is 16. The molecule has 3 aromatic rings. The van der Waals surface area contributed by atoms with Gasteiger partial charge in [0.2, 0.25) is 47.5 Å². The van der Waals surface area contributed by atoms with Crippen LogP contribution in [0.25, 0.3) is 0 Å². The molecule has 0 spiro atoms. The normalized spacial score (nSPS) is 21.3. The fourth-order valence-corrected chi connectivity index (χ4v) is 17.7. The summed E-state index contributed by atoms with van der Waals surface area (Å²) in [5.74, 6) is -7.95. The van der Waals surface area contributed by atoms with Crippen molar-refractivity contribution in [2.45, 2.75) is 297 Å². The molecule has 6 N–H and O–H groups in total. The number of rotatable bonds is 62. The number of esters is 7. The summed E-state index contributed by atoms with van der Waals surface area (Å²) in [6.07, 6.45) is -2.99. The Bertz CT molecular complexity index is 4440. The van der Waals surface area contributed by atoms with Crippen LogP contribution in [-0.2, 0) is 164 Å². The van der Waals surface area contributed by atoms with Crippen LogP contribution < -0.4 is 40.8 Å². The zero-order valence-corrected chi connectivity index (χ0v) is 85.1. The van der Waals surface area contributed by atoms with Crippen LogP contribution in [0.3, 0.4) is 0 Å². The van der Waals surface area contributed by atoms with Gasteiger partial charge in [0.05, 0.1) is 45.4 Å². The lowest BCUT2D eigenvalue weighted by Gasteiger charge is -2.44. The molecule has 0 saturated carbocycles. The second-order valence-corrected chi connectivity index (χ2v) is 38.5. The van der Waals surface area contributed by atoms with Gasteiger partial charge in [0.15, 0.2) is 18.9 Å². The van der Waals surface area contributed by atoms with E-state index in [0.717, 1.165) is 0 Å². The summed E-state index contributed by atoms with van der Waals surface area (Å²) in [6, 6.07) is 21.4. The summed E-state index contributed by atoms with van der Waals surface area (Å²) in [5, 5.41) is 14.5. The van der Waals surface area contributed by atoms with E-state index < -0.39 is 179 Å². The predicted octanol–water partition coefficient (Wildman–Crippen LogP) is 7.92. The predicted molar refractivity (Wildman–Crippen MR) is 512 cm³/mol. The van der Waals surface area contributed by atoms with Gasteiger partial charge in [-0.3, -0.25) is 88.8 Å². The maximum absolute atomic E-state index is 16.0. The summed E-state index contributed by atoms with van der Waals surface area (Å²) in [4.78, 5) is 198.